The first-order chi connectivity index (χ1) is 8.76. The predicted molar refractivity (Wildman–Crippen MR) is 80.7 cm³/mol. The Morgan fingerprint density at radius 3 is 2.28 bits per heavy atom. The van der Waals surface area contributed by atoms with E-state index in [2.05, 4.69) is 25.7 Å². The maximum Gasteiger partial charge on any atom is 0.0135 e. The monoisotopic (exact) mass is 254 g/mol. The number of nitrogens with two attached hydrogens (primary N) is 1. The highest BCUT2D eigenvalue weighted by molar-refractivity contribution is 4.83. The molecular weight excluding hydrogens is 220 g/mol. The minimum Gasteiger partial charge on any atom is -0.330 e. The van der Waals surface area contributed by atoms with Gasteiger partial charge in [-0.05, 0) is 37.8 Å². The average Bonchev–Trinajstić information content (AvgIpc) is 2.65. The smallest absolute Gasteiger partial charge is 0.0135 e. The van der Waals surface area contributed by atoms with Crippen molar-refractivity contribution in [2.45, 2.75) is 71.8 Å². The zero-order valence-electron chi connectivity index (χ0n) is 12.8. The molecule has 2 heteroatoms. The highest BCUT2D eigenvalue weighted by atomic mass is 15.2. The Morgan fingerprint density at radius 2 is 1.72 bits per heavy atom. The van der Waals surface area contributed by atoms with Crippen LogP contribution in [0.15, 0.2) is 0 Å². The van der Waals surface area contributed by atoms with E-state index in [1.807, 2.05) is 0 Å². The van der Waals surface area contributed by atoms with E-state index >= 15 is 0 Å². The summed E-state index contributed by atoms with van der Waals surface area (Å²) in [6.07, 6.45) is 9.55. The number of nitrogens with zero attached hydrogens (tertiary/aromatic N) is 1. The lowest BCUT2D eigenvalue weighted by Gasteiger charge is -2.37. The third kappa shape index (κ3) is 4.55. The summed E-state index contributed by atoms with van der Waals surface area (Å²) in [5.41, 5.74) is 6.02. The van der Waals surface area contributed by atoms with Gasteiger partial charge in [-0.2, -0.15) is 0 Å². The summed E-state index contributed by atoms with van der Waals surface area (Å²) < 4.78 is 0. The summed E-state index contributed by atoms with van der Waals surface area (Å²) in [5, 5.41) is 0. The molecule has 108 valence electrons. The van der Waals surface area contributed by atoms with Gasteiger partial charge in [-0.15, -0.1) is 0 Å². The van der Waals surface area contributed by atoms with E-state index in [1.165, 1.54) is 58.0 Å². The number of hydrogen-bond donors (Lipinski definition) is 1. The Balaban J connectivity index is 2.64. The second-order valence-electron chi connectivity index (χ2n) is 5.97. The van der Waals surface area contributed by atoms with Crippen LogP contribution in [0.3, 0.4) is 0 Å². The molecule has 0 amide bonds. The molecule has 2 unspecified atom stereocenters. The van der Waals surface area contributed by atoms with Crippen LogP contribution in [0.4, 0.5) is 0 Å². The Kier molecular flexibility index (Phi) is 7.92. The van der Waals surface area contributed by atoms with Crippen molar-refractivity contribution in [1.29, 1.82) is 0 Å². The average molecular weight is 254 g/mol. The van der Waals surface area contributed by atoms with Crippen molar-refractivity contribution in [3.63, 3.8) is 0 Å². The number of hydrogen-bond acceptors (Lipinski definition) is 2. The van der Waals surface area contributed by atoms with Gasteiger partial charge in [0.2, 0.25) is 0 Å². The second kappa shape index (κ2) is 8.92. The fourth-order valence-corrected chi connectivity index (χ4v) is 3.50. The van der Waals surface area contributed by atoms with Crippen molar-refractivity contribution in [3.8, 4) is 0 Å². The molecule has 1 aliphatic rings. The maximum atomic E-state index is 6.02. The molecule has 0 aromatic rings. The summed E-state index contributed by atoms with van der Waals surface area (Å²) in [4.78, 5) is 2.74. The summed E-state index contributed by atoms with van der Waals surface area (Å²) in [6.45, 7) is 10.3. The molecule has 0 spiro atoms. The maximum absolute atomic E-state index is 6.02. The van der Waals surface area contributed by atoms with Crippen molar-refractivity contribution in [1.82, 2.24) is 4.90 Å². The SMILES string of the molecule is CCC(CC)CN(CC)C1CCCCCC1CN. The van der Waals surface area contributed by atoms with Crippen molar-refractivity contribution in [3.05, 3.63) is 0 Å². The topological polar surface area (TPSA) is 29.3 Å². The highest BCUT2D eigenvalue weighted by Crippen LogP contribution is 2.28. The lowest BCUT2D eigenvalue weighted by Crippen LogP contribution is -2.44. The van der Waals surface area contributed by atoms with E-state index < -0.39 is 0 Å². The first-order valence-electron chi connectivity index (χ1n) is 8.20. The van der Waals surface area contributed by atoms with E-state index in [0.717, 1.165) is 24.4 Å². The molecule has 2 nitrogen and oxygen atoms in total. The van der Waals surface area contributed by atoms with Crippen LogP contribution in [0.2, 0.25) is 0 Å². The Morgan fingerprint density at radius 1 is 1.06 bits per heavy atom. The molecule has 1 aliphatic carbocycles. The molecule has 1 saturated carbocycles. The zero-order valence-corrected chi connectivity index (χ0v) is 12.8. The quantitative estimate of drug-likeness (QED) is 0.703. The van der Waals surface area contributed by atoms with Gasteiger partial charge in [0.15, 0.2) is 0 Å². The van der Waals surface area contributed by atoms with Crippen molar-refractivity contribution >= 4 is 0 Å². The minimum atomic E-state index is 0.738. The normalized spacial score (nSPS) is 25.7. The van der Waals surface area contributed by atoms with Gasteiger partial charge in [0.05, 0.1) is 0 Å². The summed E-state index contributed by atoms with van der Waals surface area (Å²) >= 11 is 0. The molecule has 0 aromatic heterocycles. The van der Waals surface area contributed by atoms with Gasteiger partial charge < -0.3 is 10.6 Å². The molecule has 0 aliphatic heterocycles. The van der Waals surface area contributed by atoms with E-state index in [4.69, 9.17) is 5.73 Å². The fraction of sp³-hybridized carbons (Fsp3) is 1.00. The van der Waals surface area contributed by atoms with Crippen LogP contribution in [0, 0.1) is 11.8 Å². The minimum absolute atomic E-state index is 0.738. The molecule has 1 fully saturated rings. The van der Waals surface area contributed by atoms with Gasteiger partial charge in [0, 0.05) is 12.6 Å². The molecule has 2 N–H and O–H groups in total. The van der Waals surface area contributed by atoms with E-state index in [1.54, 1.807) is 0 Å². The third-order valence-electron chi connectivity index (χ3n) is 4.94. The van der Waals surface area contributed by atoms with Crippen LogP contribution in [-0.2, 0) is 0 Å². The van der Waals surface area contributed by atoms with Crippen LogP contribution in [0.25, 0.3) is 0 Å². The van der Waals surface area contributed by atoms with Crippen molar-refractivity contribution < 1.29 is 0 Å². The van der Waals surface area contributed by atoms with Crippen LogP contribution < -0.4 is 5.73 Å². The van der Waals surface area contributed by atoms with Gasteiger partial charge in [-0.1, -0.05) is 52.9 Å². The Bertz CT molecular complexity index is 201. The molecule has 0 bridgehead atoms. The lowest BCUT2D eigenvalue weighted by molar-refractivity contribution is 0.118. The Hall–Kier alpha value is -0.0800. The number of rotatable bonds is 7. The van der Waals surface area contributed by atoms with Crippen LogP contribution >= 0.6 is 0 Å². The van der Waals surface area contributed by atoms with Crippen LogP contribution in [0.5, 0.6) is 0 Å². The summed E-state index contributed by atoms with van der Waals surface area (Å²) in [7, 11) is 0. The largest absolute Gasteiger partial charge is 0.330 e. The zero-order chi connectivity index (χ0) is 13.4. The van der Waals surface area contributed by atoms with Gasteiger partial charge >= 0.3 is 0 Å². The standard InChI is InChI=1S/C16H34N2/c1-4-14(5-2)13-18(6-3)16-11-9-7-8-10-15(16)12-17/h14-16H,4-13,17H2,1-3H3. The molecule has 18 heavy (non-hydrogen) atoms. The van der Waals surface area contributed by atoms with Crippen LogP contribution in [-0.4, -0.2) is 30.6 Å². The van der Waals surface area contributed by atoms with Crippen LogP contribution in [0.1, 0.15) is 65.7 Å². The van der Waals surface area contributed by atoms with Gasteiger partial charge in [0.25, 0.3) is 0 Å². The first-order valence-corrected chi connectivity index (χ1v) is 8.20. The molecular formula is C16H34N2. The van der Waals surface area contributed by atoms with E-state index in [9.17, 15) is 0 Å². The molecule has 0 saturated heterocycles. The molecule has 1 rings (SSSR count). The van der Waals surface area contributed by atoms with E-state index in [-0.39, 0.29) is 0 Å². The molecule has 0 heterocycles. The third-order valence-corrected chi connectivity index (χ3v) is 4.94. The van der Waals surface area contributed by atoms with E-state index in [0.29, 0.717) is 0 Å². The lowest BCUT2D eigenvalue weighted by atomic mass is 9.92. The Labute approximate surface area is 114 Å². The molecule has 0 aromatic carbocycles. The first kappa shape index (κ1) is 16.0. The predicted octanol–water partition coefficient (Wildman–Crippen LogP) is 3.65. The highest BCUT2D eigenvalue weighted by Gasteiger charge is 2.28. The van der Waals surface area contributed by atoms with Gasteiger partial charge in [-0.25, -0.2) is 0 Å². The summed E-state index contributed by atoms with van der Waals surface area (Å²) in [5.74, 6) is 1.61. The van der Waals surface area contributed by atoms with Gasteiger partial charge in [0.1, 0.15) is 0 Å². The van der Waals surface area contributed by atoms with Crippen molar-refractivity contribution in [2.75, 3.05) is 19.6 Å². The summed E-state index contributed by atoms with van der Waals surface area (Å²) in [6, 6.07) is 0.753. The van der Waals surface area contributed by atoms with Gasteiger partial charge in [-0.3, -0.25) is 0 Å². The van der Waals surface area contributed by atoms with Crippen molar-refractivity contribution in [2.24, 2.45) is 17.6 Å². The fourth-order valence-electron chi connectivity index (χ4n) is 3.50. The molecule has 2 atom stereocenters. The second-order valence-corrected chi connectivity index (χ2v) is 5.97. The molecule has 0 radical (unpaired) electrons.